The number of nitrogens with one attached hydrogen (secondary N) is 3. The molecule has 0 saturated heterocycles. The average molecular weight is 434 g/mol. The Labute approximate surface area is 185 Å². The lowest BCUT2D eigenvalue weighted by atomic mass is 9.85. The minimum Gasteiger partial charge on any atom is -0.372 e. The van der Waals surface area contributed by atoms with E-state index in [1.807, 2.05) is 45.7 Å². The van der Waals surface area contributed by atoms with E-state index in [4.69, 9.17) is 9.97 Å². The molecule has 5 rings (SSSR count). The highest BCUT2D eigenvalue weighted by molar-refractivity contribution is 6.00. The minimum atomic E-state index is 0.116. The smallest absolute Gasteiger partial charge is 0.226 e. The van der Waals surface area contributed by atoms with Crippen molar-refractivity contribution < 1.29 is 4.79 Å². The lowest BCUT2D eigenvalue weighted by Gasteiger charge is -2.29. The van der Waals surface area contributed by atoms with Crippen LogP contribution in [0.5, 0.6) is 0 Å². The number of aromatic amines is 1. The highest BCUT2D eigenvalue weighted by Crippen LogP contribution is 2.33. The first-order chi connectivity index (χ1) is 15.5. The predicted molar refractivity (Wildman–Crippen MR) is 123 cm³/mol. The highest BCUT2D eigenvalue weighted by Gasteiger charge is 2.28. The number of hydrogen-bond donors (Lipinski definition) is 3. The van der Waals surface area contributed by atoms with Crippen molar-refractivity contribution in [3.8, 4) is 11.3 Å². The van der Waals surface area contributed by atoms with Gasteiger partial charge in [0.25, 0.3) is 0 Å². The van der Waals surface area contributed by atoms with E-state index in [0.717, 1.165) is 59.4 Å². The van der Waals surface area contributed by atoms with Gasteiger partial charge in [-0.25, -0.2) is 9.50 Å². The molecule has 0 unspecified atom stereocenters. The molecule has 1 fully saturated rings. The van der Waals surface area contributed by atoms with Crippen molar-refractivity contribution in [2.45, 2.75) is 31.7 Å². The zero-order chi connectivity index (χ0) is 22.2. The van der Waals surface area contributed by atoms with Crippen LogP contribution in [-0.2, 0) is 4.79 Å². The number of hydrogen-bond acceptors (Lipinski definition) is 7. The van der Waals surface area contributed by atoms with Crippen LogP contribution in [0.25, 0.3) is 27.9 Å². The molecule has 4 aromatic rings. The summed E-state index contributed by atoms with van der Waals surface area (Å²) in [7, 11) is 5.50. The number of carbonyl (C=O) groups excluding carboxylic acids is 1. The quantitative estimate of drug-likeness (QED) is 0.443. The Bertz CT molecular complexity index is 1270. The van der Waals surface area contributed by atoms with E-state index in [-0.39, 0.29) is 17.9 Å². The minimum absolute atomic E-state index is 0.116. The second-order valence-electron chi connectivity index (χ2n) is 8.45. The Hall–Kier alpha value is -3.69. The van der Waals surface area contributed by atoms with Gasteiger partial charge in [0.2, 0.25) is 11.9 Å². The third-order valence-electron chi connectivity index (χ3n) is 6.15. The Kier molecular flexibility index (Phi) is 5.12. The van der Waals surface area contributed by atoms with Crippen molar-refractivity contribution in [1.29, 1.82) is 0 Å². The molecule has 166 valence electrons. The molecule has 4 aromatic heterocycles. The van der Waals surface area contributed by atoms with E-state index in [1.54, 1.807) is 15.6 Å². The van der Waals surface area contributed by atoms with E-state index in [2.05, 4.69) is 25.7 Å². The summed E-state index contributed by atoms with van der Waals surface area (Å²) in [5, 5.41) is 12.2. The van der Waals surface area contributed by atoms with Crippen LogP contribution in [0.2, 0.25) is 0 Å². The Morgan fingerprint density at radius 3 is 2.75 bits per heavy atom. The number of rotatable bonds is 5. The molecule has 0 atom stereocenters. The molecule has 10 heteroatoms. The topological polar surface area (TPSA) is 116 Å². The fraction of sp³-hybridized carbons (Fsp3) is 0.409. The third-order valence-corrected chi connectivity index (χ3v) is 6.15. The van der Waals surface area contributed by atoms with E-state index in [1.165, 1.54) is 0 Å². The highest BCUT2D eigenvalue weighted by atomic mass is 16.2. The molecular weight excluding hydrogens is 406 g/mol. The summed E-state index contributed by atoms with van der Waals surface area (Å²) in [6, 6.07) is 4.14. The Morgan fingerprint density at radius 1 is 1.19 bits per heavy atom. The van der Waals surface area contributed by atoms with E-state index >= 15 is 0 Å². The molecule has 0 bridgehead atoms. The van der Waals surface area contributed by atoms with Gasteiger partial charge >= 0.3 is 0 Å². The number of anilines is 2. The van der Waals surface area contributed by atoms with Gasteiger partial charge in [-0.2, -0.15) is 15.1 Å². The molecule has 1 amide bonds. The van der Waals surface area contributed by atoms with Gasteiger partial charge in [0.1, 0.15) is 11.5 Å². The molecule has 1 aliphatic carbocycles. The van der Waals surface area contributed by atoms with Gasteiger partial charge in [0.05, 0.1) is 11.1 Å². The Balaban J connectivity index is 1.39. The second-order valence-corrected chi connectivity index (χ2v) is 8.45. The van der Waals surface area contributed by atoms with Crippen LogP contribution >= 0.6 is 0 Å². The van der Waals surface area contributed by atoms with Gasteiger partial charge in [-0.1, -0.05) is 0 Å². The molecule has 3 N–H and O–H groups in total. The molecule has 10 nitrogen and oxygen atoms in total. The average Bonchev–Trinajstić information content (AvgIpc) is 3.45. The van der Waals surface area contributed by atoms with Gasteiger partial charge < -0.3 is 20.5 Å². The van der Waals surface area contributed by atoms with Crippen molar-refractivity contribution in [2.24, 2.45) is 5.92 Å². The lowest BCUT2D eigenvalue weighted by Crippen LogP contribution is -2.35. The number of fused-ring (bicyclic) bond motifs is 2. The van der Waals surface area contributed by atoms with Crippen LogP contribution in [0.3, 0.4) is 0 Å². The molecule has 4 heterocycles. The molecule has 1 aliphatic rings. The molecule has 0 aliphatic heterocycles. The summed E-state index contributed by atoms with van der Waals surface area (Å²) in [6.07, 6.45) is 9.07. The van der Waals surface area contributed by atoms with Gasteiger partial charge in [-0.3, -0.25) is 4.79 Å². The third kappa shape index (κ3) is 3.61. The van der Waals surface area contributed by atoms with Crippen LogP contribution < -0.4 is 10.6 Å². The lowest BCUT2D eigenvalue weighted by molar-refractivity contribution is -0.133. The first-order valence-electron chi connectivity index (χ1n) is 10.9. The van der Waals surface area contributed by atoms with Crippen molar-refractivity contribution in [3.63, 3.8) is 0 Å². The summed E-state index contributed by atoms with van der Waals surface area (Å²) in [4.78, 5) is 30.9. The van der Waals surface area contributed by atoms with Gasteiger partial charge in [-0.05, 0) is 37.8 Å². The van der Waals surface area contributed by atoms with Gasteiger partial charge in [0.15, 0.2) is 5.65 Å². The number of imidazole rings is 1. The molecular formula is C22H27N9O. The van der Waals surface area contributed by atoms with Gasteiger partial charge in [-0.15, -0.1) is 0 Å². The summed E-state index contributed by atoms with van der Waals surface area (Å²) in [5.41, 5.74) is 3.28. The monoisotopic (exact) mass is 433 g/mol. The zero-order valence-corrected chi connectivity index (χ0v) is 18.5. The van der Waals surface area contributed by atoms with Crippen molar-refractivity contribution in [3.05, 3.63) is 30.7 Å². The normalized spacial score (nSPS) is 18.7. The van der Waals surface area contributed by atoms with Crippen LogP contribution in [-0.4, -0.2) is 67.5 Å². The van der Waals surface area contributed by atoms with E-state index < -0.39 is 0 Å². The molecule has 0 radical (unpaired) electrons. The van der Waals surface area contributed by atoms with Crippen molar-refractivity contribution in [1.82, 2.24) is 34.4 Å². The fourth-order valence-corrected chi connectivity index (χ4v) is 4.47. The van der Waals surface area contributed by atoms with Crippen molar-refractivity contribution >= 4 is 34.4 Å². The summed E-state index contributed by atoms with van der Waals surface area (Å²) in [6.45, 7) is 0. The zero-order valence-electron chi connectivity index (χ0n) is 18.5. The van der Waals surface area contributed by atoms with Crippen LogP contribution in [0.1, 0.15) is 25.7 Å². The molecule has 0 aromatic carbocycles. The molecule has 32 heavy (non-hydrogen) atoms. The van der Waals surface area contributed by atoms with Crippen molar-refractivity contribution in [2.75, 3.05) is 31.8 Å². The maximum atomic E-state index is 12.2. The maximum absolute atomic E-state index is 12.2. The van der Waals surface area contributed by atoms with Gasteiger partial charge in [0, 0.05) is 57.3 Å². The number of carbonyl (C=O) groups is 1. The number of H-pyrrole nitrogens is 1. The summed E-state index contributed by atoms with van der Waals surface area (Å²) in [5.74, 6) is 1.65. The van der Waals surface area contributed by atoms with Crippen LogP contribution in [0.4, 0.5) is 11.8 Å². The van der Waals surface area contributed by atoms with Crippen LogP contribution in [0.15, 0.2) is 30.7 Å². The molecule has 0 spiro atoms. The SMILES string of the molecule is CNc1nc(N[C@H]2CC[C@@H](C(=O)N(C)C)CC2)nc2[nH]cc(-c3ccc4nccn4n3)c12. The van der Waals surface area contributed by atoms with Crippen LogP contribution in [0, 0.1) is 5.92 Å². The summed E-state index contributed by atoms with van der Waals surface area (Å²) < 4.78 is 1.75. The second kappa shape index (κ2) is 8.10. The largest absolute Gasteiger partial charge is 0.372 e. The standard InChI is InChI=1S/C22H27N9O/c1-23-19-18-15(16-8-9-17-24-10-11-31(17)29-16)12-25-20(18)28-22(27-19)26-14-6-4-13(5-7-14)21(32)30(2)3/h8-14H,4-7H2,1-3H3,(H3,23,25,26,27,28)/t13-,14+. The Morgan fingerprint density at radius 2 is 2.00 bits per heavy atom. The van der Waals surface area contributed by atoms with E-state index in [0.29, 0.717) is 5.95 Å². The molecule has 1 saturated carbocycles. The predicted octanol–water partition coefficient (Wildman–Crippen LogP) is 2.77. The number of aromatic nitrogens is 6. The number of amides is 1. The maximum Gasteiger partial charge on any atom is 0.226 e. The number of nitrogens with zero attached hydrogens (tertiary/aromatic N) is 6. The fourth-order valence-electron chi connectivity index (χ4n) is 4.47. The van der Waals surface area contributed by atoms with E-state index in [9.17, 15) is 4.79 Å². The first-order valence-corrected chi connectivity index (χ1v) is 10.9. The summed E-state index contributed by atoms with van der Waals surface area (Å²) >= 11 is 0. The first kappa shape index (κ1) is 20.2.